The Hall–Kier alpha value is -4.31. The predicted octanol–water partition coefficient (Wildman–Crippen LogP) is 4.22. The SMILES string of the molecule is COc1cc(Nc2nc3ccc(C(=O)NCc4cccc(F)c4)cc3n2CCCN)cc(OC)c1OC. The minimum atomic E-state index is -0.343. The number of anilines is 2. The van der Waals surface area contributed by atoms with E-state index in [2.05, 4.69) is 10.6 Å². The maximum atomic E-state index is 13.5. The van der Waals surface area contributed by atoms with Crippen LogP contribution >= 0.6 is 0 Å². The van der Waals surface area contributed by atoms with E-state index in [9.17, 15) is 9.18 Å². The zero-order valence-electron chi connectivity index (χ0n) is 21.0. The molecular formula is C27H30FN5O4. The lowest BCUT2D eigenvalue weighted by atomic mass is 10.1. The third-order valence-corrected chi connectivity index (χ3v) is 5.86. The van der Waals surface area contributed by atoms with E-state index in [0.717, 1.165) is 5.52 Å². The van der Waals surface area contributed by atoms with Crippen molar-refractivity contribution in [3.8, 4) is 17.2 Å². The number of rotatable bonds is 11. The number of hydrogen-bond acceptors (Lipinski definition) is 7. The summed E-state index contributed by atoms with van der Waals surface area (Å²) in [5.41, 5.74) is 9.12. The molecule has 3 aromatic carbocycles. The third-order valence-electron chi connectivity index (χ3n) is 5.86. The number of amides is 1. The van der Waals surface area contributed by atoms with Crippen LogP contribution in [0.2, 0.25) is 0 Å². The lowest BCUT2D eigenvalue weighted by molar-refractivity contribution is 0.0951. The van der Waals surface area contributed by atoms with Gasteiger partial charge in [-0.05, 0) is 48.9 Å². The number of hydrogen-bond donors (Lipinski definition) is 3. The number of aryl methyl sites for hydroxylation is 1. The van der Waals surface area contributed by atoms with Gasteiger partial charge in [0.2, 0.25) is 11.7 Å². The Morgan fingerprint density at radius 3 is 2.43 bits per heavy atom. The Bertz CT molecular complexity index is 1380. The number of nitrogens with one attached hydrogen (secondary N) is 2. The molecule has 0 unspecified atom stereocenters. The molecule has 0 spiro atoms. The van der Waals surface area contributed by atoms with Crippen LogP contribution in [0.3, 0.4) is 0 Å². The number of halogens is 1. The number of methoxy groups -OCH3 is 3. The van der Waals surface area contributed by atoms with Gasteiger partial charge < -0.3 is 35.1 Å². The molecule has 4 N–H and O–H groups in total. The predicted molar refractivity (Wildman–Crippen MR) is 140 cm³/mol. The van der Waals surface area contributed by atoms with Gasteiger partial charge in [-0.3, -0.25) is 4.79 Å². The van der Waals surface area contributed by atoms with Crippen molar-refractivity contribution in [1.29, 1.82) is 0 Å². The Morgan fingerprint density at radius 2 is 1.78 bits per heavy atom. The van der Waals surface area contributed by atoms with Crippen molar-refractivity contribution in [3.05, 3.63) is 71.5 Å². The monoisotopic (exact) mass is 507 g/mol. The number of nitrogens with zero attached hydrogens (tertiary/aromatic N) is 2. The van der Waals surface area contributed by atoms with Crippen molar-refractivity contribution >= 4 is 28.6 Å². The van der Waals surface area contributed by atoms with E-state index in [1.54, 1.807) is 63.8 Å². The first-order valence-corrected chi connectivity index (χ1v) is 11.8. The zero-order valence-corrected chi connectivity index (χ0v) is 21.0. The van der Waals surface area contributed by atoms with Crippen LogP contribution in [0.25, 0.3) is 11.0 Å². The van der Waals surface area contributed by atoms with Crippen molar-refractivity contribution in [1.82, 2.24) is 14.9 Å². The molecule has 9 nitrogen and oxygen atoms in total. The summed E-state index contributed by atoms with van der Waals surface area (Å²) in [4.78, 5) is 17.6. The minimum Gasteiger partial charge on any atom is -0.493 e. The van der Waals surface area contributed by atoms with Gasteiger partial charge in [0.05, 0.1) is 32.4 Å². The fourth-order valence-corrected chi connectivity index (χ4v) is 4.05. The smallest absolute Gasteiger partial charge is 0.251 e. The summed E-state index contributed by atoms with van der Waals surface area (Å²) in [6.45, 7) is 1.31. The van der Waals surface area contributed by atoms with Crippen LogP contribution in [0.5, 0.6) is 17.2 Å². The summed E-state index contributed by atoms with van der Waals surface area (Å²) in [5.74, 6) is 1.47. The number of fused-ring (bicyclic) bond motifs is 1. The van der Waals surface area contributed by atoms with Gasteiger partial charge in [0, 0.05) is 36.5 Å². The molecule has 0 aliphatic heterocycles. The molecule has 1 amide bonds. The van der Waals surface area contributed by atoms with Crippen LogP contribution in [-0.2, 0) is 13.1 Å². The molecule has 4 aromatic rings. The highest BCUT2D eigenvalue weighted by molar-refractivity contribution is 5.97. The lowest BCUT2D eigenvalue weighted by Crippen LogP contribution is -2.22. The number of aromatic nitrogens is 2. The van der Waals surface area contributed by atoms with Crippen molar-refractivity contribution in [2.75, 3.05) is 33.2 Å². The van der Waals surface area contributed by atoms with Crippen LogP contribution in [-0.4, -0.2) is 43.3 Å². The van der Waals surface area contributed by atoms with Gasteiger partial charge in [-0.15, -0.1) is 0 Å². The highest BCUT2D eigenvalue weighted by Crippen LogP contribution is 2.40. The number of imidazole rings is 1. The van der Waals surface area contributed by atoms with E-state index in [0.29, 0.717) is 65.0 Å². The second-order valence-corrected chi connectivity index (χ2v) is 8.28. The summed E-state index contributed by atoms with van der Waals surface area (Å²) in [5, 5.41) is 6.17. The maximum Gasteiger partial charge on any atom is 0.251 e. The first kappa shape index (κ1) is 25.8. The summed E-state index contributed by atoms with van der Waals surface area (Å²) in [7, 11) is 4.66. The summed E-state index contributed by atoms with van der Waals surface area (Å²) >= 11 is 0. The van der Waals surface area contributed by atoms with Crippen molar-refractivity contribution in [2.24, 2.45) is 5.73 Å². The molecule has 0 bridgehead atoms. The van der Waals surface area contributed by atoms with Crippen LogP contribution in [0.15, 0.2) is 54.6 Å². The number of nitrogens with two attached hydrogens (primary N) is 1. The Labute approximate surface area is 214 Å². The van der Waals surface area contributed by atoms with Gasteiger partial charge in [-0.25, -0.2) is 9.37 Å². The fourth-order valence-electron chi connectivity index (χ4n) is 4.05. The quantitative estimate of drug-likeness (QED) is 0.279. The van der Waals surface area contributed by atoms with E-state index in [4.69, 9.17) is 24.9 Å². The molecule has 37 heavy (non-hydrogen) atoms. The van der Waals surface area contributed by atoms with E-state index in [1.165, 1.54) is 12.1 Å². The van der Waals surface area contributed by atoms with Crippen LogP contribution in [0.4, 0.5) is 16.0 Å². The molecule has 0 fully saturated rings. The molecular weight excluding hydrogens is 477 g/mol. The minimum absolute atomic E-state index is 0.217. The molecule has 10 heteroatoms. The molecule has 0 saturated heterocycles. The van der Waals surface area contributed by atoms with Crippen molar-refractivity contribution < 1.29 is 23.4 Å². The molecule has 4 rings (SSSR count). The molecule has 1 heterocycles. The average molecular weight is 508 g/mol. The average Bonchev–Trinajstić information content (AvgIpc) is 3.25. The Balaban J connectivity index is 1.64. The molecule has 0 aliphatic carbocycles. The van der Waals surface area contributed by atoms with Crippen LogP contribution in [0, 0.1) is 5.82 Å². The second kappa shape index (κ2) is 11.6. The maximum absolute atomic E-state index is 13.5. The normalized spacial score (nSPS) is 10.8. The Morgan fingerprint density at radius 1 is 1.03 bits per heavy atom. The lowest BCUT2D eigenvalue weighted by Gasteiger charge is -2.15. The topological polar surface area (TPSA) is 113 Å². The molecule has 0 saturated carbocycles. The second-order valence-electron chi connectivity index (χ2n) is 8.28. The molecule has 0 aliphatic rings. The number of ether oxygens (including phenoxy) is 3. The zero-order chi connectivity index (χ0) is 26.4. The summed E-state index contributed by atoms with van der Waals surface area (Å²) in [6.07, 6.45) is 0.714. The van der Waals surface area contributed by atoms with Gasteiger partial charge in [0.25, 0.3) is 5.91 Å². The van der Waals surface area contributed by atoms with E-state index < -0.39 is 0 Å². The van der Waals surface area contributed by atoms with E-state index >= 15 is 0 Å². The standard InChI is InChI=1S/C27H30FN5O4/c1-35-23-14-20(15-24(36-2)25(23)37-3)31-27-32-21-9-8-18(13-22(21)33(27)11-5-10-29)26(34)30-16-17-6-4-7-19(28)12-17/h4,6-9,12-15H,5,10-11,16,29H2,1-3H3,(H,30,34)(H,31,32). The highest BCUT2D eigenvalue weighted by atomic mass is 19.1. The van der Waals surface area contributed by atoms with E-state index in [1.807, 2.05) is 4.57 Å². The summed E-state index contributed by atoms with van der Waals surface area (Å²) < 4.78 is 31.8. The molecule has 0 atom stereocenters. The number of carbonyl (C=O) groups is 1. The fraction of sp³-hybridized carbons (Fsp3) is 0.259. The highest BCUT2D eigenvalue weighted by Gasteiger charge is 2.17. The first-order chi connectivity index (χ1) is 18.0. The molecule has 194 valence electrons. The van der Waals surface area contributed by atoms with Crippen LogP contribution in [0.1, 0.15) is 22.3 Å². The number of carbonyl (C=O) groups excluding carboxylic acids is 1. The van der Waals surface area contributed by atoms with Crippen molar-refractivity contribution in [3.63, 3.8) is 0 Å². The van der Waals surface area contributed by atoms with Gasteiger partial charge in [0.1, 0.15) is 5.82 Å². The van der Waals surface area contributed by atoms with Gasteiger partial charge >= 0.3 is 0 Å². The first-order valence-electron chi connectivity index (χ1n) is 11.8. The van der Waals surface area contributed by atoms with E-state index in [-0.39, 0.29) is 18.3 Å². The largest absolute Gasteiger partial charge is 0.493 e. The van der Waals surface area contributed by atoms with Gasteiger partial charge in [-0.2, -0.15) is 0 Å². The molecule has 0 radical (unpaired) electrons. The van der Waals surface area contributed by atoms with Crippen molar-refractivity contribution in [2.45, 2.75) is 19.5 Å². The van der Waals surface area contributed by atoms with Gasteiger partial charge in [-0.1, -0.05) is 12.1 Å². The Kier molecular flexibility index (Phi) is 8.09. The molecule has 1 aromatic heterocycles. The summed E-state index contributed by atoms with van der Waals surface area (Å²) in [6, 6.07) is 15.0. The number of benzene rings is 3. The van der Waals surface area contributed by atoms with Gasteiger partial charge in [0.15, 0.2) is 11.5 Å². The van der Waals surface area contributed by atoms with Crippen LogP contribution < -0.4 is 30.6 Å². The third kappa shape index (κ3) is 5.75.